The Morgan fingerprint density at radius 1 is 1.08 bits per heavy atom. The lowest BCUT2D eigenvalue weighted by Gasteiger charge is -1.88. The first-order valence-electron chi connectivity index (χ1n) is 3.18. The molecule has 0 unspecified atom stereocenters. The van der Waals surface area contributed by atoms with Crippen LogP contribution < -0.4 is 0 Å². The van der Waals surface area contributed by atoms with Crippen LogP contribution in [-0.4, -0.2) is 13.1 Å². The Kier molecular flexibility index (Phi) is 82.3. The van der Waals surface area contributed by atoms with Gasteiger partial charge < -0.3 is 0 Å². The molecule has 0 atom stereocenters. The summed E-state index contributed by atoms with van der Waals surface area (Å²) in [7, 11) is 1.25. The van der Waals surface area contributed by atoms with Gasteiger partial charge in [0.25, 0.3) is 0 Å². The van der Waals surface area contributed by atoms with E-state index in [1.54, 1.807) is 0 Å². The molecular formula is C10H18O3. The van der Waals surface area contributed by atoms with E-state index in [2.05, 4.69) is 55.8 Å². The molecule has 0 rings (SSSR count). The lowest BCUT2D eigenvalue weighted by atomic mass is 10.7. The monoisotopic (exact) mass is 186 g/mol. The maximum Gasteiger partial charge on any atom is 0.365 e. The van der Waals surface area contributed by atoms with E-state index in [4.69, 9.17) is 0 Å². The third kappa shape index (κ3) is 63.6. The molecule has 0 aliphatic rings. The van der Waals surface area contributed by atoms with Crippen LogP contribution in [0.3, 0.4) is 0 Å². The van der Waals surface area contributed by atoms with Crippen molar-refractivity contribution in [3.63, 3.8) is 0 Å². The number of hydrogen-bond acceptors (Lipinski definition) is 3. The average Bonchev–Trinajstić information content (AvgIpc) is 2.27. The van der Waals surface area contributed by atoms with Crippen LogP contribution in [-0.2, 0) is 14.6 Å². The molecule has 0 heterocycles. The minimum absolute atomic E-state index is 0.581. The third-order valence-corrected chi connectivity index (χ3v) is 0.332. The molecule has 13 heavy (non-hydrogen) atoms. The molecule has 76 valence electrons. The van der Waals surface area contributed by atoms with E-state index in [9.17, 15) is 4.79 Å². The van der Waals surface area contributed by atoms with Crippen LogP contribution in [0, 0.1) is 0 Å². The molecule has 0 aliphatic heterocycles. The molecule has 0 aliphatic carbocycles. The van der Waals surface area contributed by atoms with E-state index in [0.29, 0.717) is 0 Å². The van der Waals surface area contributed by atoms with Crippen LogP contribution in [0.4, 0.5) is 0 Å². The summed E-state index contributed by atoms with van der Waals surface area (Å²) in [5.41, 5.74) is 0. The van der Waals surface area contributed by atoms with Gasteiger partial charge in [-0.05, 0) is 0 Å². The van der Waals surface area contributed by atoms with Gasteiger partial charge in [0.2, 0.25) is 0 Å². The minimum atomic E-state index is -0.581. The molecule has 0 saturated carbocycles. The fraction of sp³-hybridized carbons (Fsp3) is 0.100. The van der Waals surface area contributed by atoms with Crippen molar-refractivity contribution >= 4 is 5.97 Å². The number of rotatable bonds is 2. The summed E-state index contributed by atoms with van der Waals surface area (Å²) in [6, 6.07) is 0. The first kappa shape index (κ1) is 22.5. The Balaban J connectivity index is -0.0000000573. The SMILES string of the molecule is C=C.C=C.C=C.C=CC(=O)OOC. The molecule has 0 radical (unpaired) electrons. The van der Waals surface area contributed by atoms with Gasteiger partial charge in [0.15, 0.2) is 0 Å². The van der Waals surface area contributed by atoms with Crippen molar-refractivity contribution in [2.75, 3.05) is 7.11 Å². The fourth-order valence-corrected chi connectivity index (χ4v) is 0.116. The molecule has 3 heteroatoms. The van der Waals surface area contributed by atoms with Crippen LogP contribution in [0.15, 0.2) is 52.1 Å². The summed E-state index contributed by atoms with van der Waals surface area (Å²) >= 11 is 0. The van der Waals surface area contributed by atoms with Gasteiger partial charge in [-0.25, -0.2) is 4.79 Å². The molecule has 0 bridgehead atoms. The first-order chi connectivity index (χ1) is 6.31. The molecule has 0 aromatic rings. The molecular weight excluding hydrogens is 168 g/mol. The lowest BCUT2D eigenvalue weighted by molar-refractivity contribution is -0.249. The second-order valence-corrected chi connectivity index (χ2v) is 0.773. The molecule has 0 saturated heterocycles. The maximum atomic E-state index is 9.95. The summed E-state index contributed by atoms with van der Waals surface area (Å²) in [5.74, 6) is -0.581. The van der Waals surface area contributed by atoms with Gasteiger partial charge >= 0.3 is 5.97 Å². The topological polar surface area (TPSA) is 35.5 Å². The molecule has 0 N–H and O–H groups in total. The van der Waals surface area contributed by atoms with Gasteiger partial charge in [0, 0.05) is 6.08 Å². The van der Waals surface area contributed by atoms with Crippen molar-refractivity contribution in [3.05, 3.63) is 52.1 Å². The third-order valence-electron chi connectivity index (χ3n) is 0.332. The Morgan fingerprint density at radius 2 is 1.38 bits per heavy atom. The van der Waals surface area contributed by atoms with Gasteiger partial charge in [-0.2, -0.15) is 4.89 Å². The number of hydrogen-bond donors (Lipinski definition) is 0. The number of carbonyl (C=O) groups excluding carboxylic acids is 1. The standard InChI is InChI=1S/C4H6O3.3C2H4/c1-3-4(5)7-6-2;3*1-2/h3H,1H2,2H3;3*1-2H2. The summed E-state index contributed by atoms with van der Waals surface area (Å²) in [4.78, 5) is 17.9. The van der Waals surface area contributed by atoms with E-state index in [0.717, 1.165) is 6.08 Å². The summed E-state index contributed by atoms with van der Waals surface area (Å²) < 4.78 is 0. The van der Waals surface area contributed by atoms with Crippen LogP contribution in [0.25, 0.3) is 0 Å². The van der Waals surface area contributed by atoms with Crippen LogP contribution in [0.1, 0.15) is 0 Å². The molecule has 0 spiro atoms. The maximum absolute atomic E-state index is 9.95. The van der Waals surface area contributed by atoms with Gasteiger partial charge in [-0.1, -0.05) is 6.58 Å². The molecule has 0 aromatic carbocycles. The predicted molar refractivity (Wildman–Crippen MR) is 57.1 cm³/mol. The Labute approximate surface area is 80.6 Å². The van der Waals surface area contributed by atoms with E-state index in [1.165, 1.54) is 7.11 Å². The molecule has 3 nitrogen and oxygen atoms in total. The van der Waals surface area contributed by atoms with Gasteiger partial charge in [-0.3, -0.25) is 4.89 Å². The van der Waals surface area contributed by atoms with Crippen LogP contribution >= 0.6 is 0 Å². The van der Waals surface area contributed by atoms with Crippen LogP contribution in [0.2, 0.25) is 0 Å². The molecule has 0 aromatic heterocycles. The zero-order chi connectivity index (χ0) is 11.7. The highest BCUT2D eigenvalue weighted by atomic mass is 17.2. The second kappa shape index (κ2) is 47.5. The zero-order valence-electron chi connectivity index (χ0n) is 8.25. The second-order valence-electron chi connectivity index (χ2n) is 0.773. The largest absolute Gasteiger partial charge is 0.365 e. The van der Waals surface area contributed by atoms with Crippen LogP contribution in [0.5, 0.6) is 0 Å². The Bertz CT molecular complexity index is 106. The number of carbonyl (C=O) groups is 1. The predicted octanol–water partition coefficient (Wildman–Crippen LogP) is 2.68. The highest BCUT2D eigenvalue weighted by Gasteiger charge is 1.88. The average molecular weight is 186 g/mol. The molecule has 0 amide bonds. The van der Waals surface area contributed by atoms with Gasteiger partial charge in [-0.15, -0.1) is 39.5 Å². The Morgan fingerprint density at radius 3 is 1.46 bits per heavy atom. The van der Waals surface area contributed by atoms with Gasteiger partial charge in [0.05, 0.1) is 7.11 Å². The summed E-state index contributed by atoms with van der Waals surface area (Å²) in [5, 5.41) is 0. The van der Waals surface area contributed by atoms with Crippen molar-refractivity contribution < 1.29 is 14.6 Å². The Hall–Kier alpha value is -1.61. The lowest BCUT2D eigenvalue weighted by Crippen LogP contribution is -1.96. The van der Waals surface area contributed by atoms with Crippen molar-refractivity contribution in [2.24, 2.45) is 0 Å². The van der Waals surface area contributed by atoms with E-state index in [-0.39, 0.29) is 0 Å². The van der Waals surface area contributed by atoms with Crippen molar-refractivity contribution in [1.82, 2.24) is 0 Å². The van der Waals surface area contributed by atoms with E-state index < -0.39 is 5.97 Å². The van der Waals surface area contributed by atoms with Crippen molar-refractivity contribution in [3.8, 4) is 0 Å². The van der Waals surface area contributed by atoms with E-state index >= 15 is 0 Å². The summed E-state index contributed by atoms with van der Waals surface area (Å²) in [6.07, 6.45) is 1.02. The molecule has 0 fully saturated rings. The normalized spacial score (nSPS) is 5.00. The minimum Gasteiger partial charge on any atom is -0.294 e. The van der Waals surface area contributed by atoms with E-state index in [1.807, 2.05) is 0 Å². The smallest absolute Gasteiger partial charge is 0.294 e. The highest BCUT2D eigenvalue weighted by Crippen LogP contribution is 1.74. The quantitative estimate of drug-likeness (QED) is 0.288. The highest BCUT2D eigenvalue weighted by molar-refractivity contribution is 5.80. The summed E-state index contributed by atoms with van der Waals surface area (Å²) in [6.45, 7) is 21.1. The zero-order valence-corrected chi connectivity index (χ0v) is 8.25. The van der Waals surface area contributed by atoms with Crippen molar-refractivity contribution in [2.45, 2.75) is 0 Å². The van der Waals surface area contributed by atoms with Crippen molar-refractivity contribution in [1.29, 1.82) is 0 Å². The van der Waals surface area contributed by atoms with Gasteiger partial charge in [0.1, 0.15) is 0 Å². The first-order valence-corrected chi connectivity index (χ1v) is 3.18. The fourth-order valence-electron chi connectivity index (χ4n) is 0.116.